The van der Waals surface area contributed by atoms with E-state index in [1.165, 1.54) is 19.3 Å². The van der Waals surface area contributed by atoms with Gasteiger partial charge in [0, 0.05) is 38.1 Å². The molecule has 0 saturated heterocycles. The molecular weight excluding hydrogens is 510 g/mol. The van der Waals surface area contributed by atoms with E-state index in [-0.39, 0.29) is 43.1 Å². The number of carbonyl (C=O) groups is 3. The van der Waals surface area contributed by atoms with Crippen LogP contribution in [-0.2, 0) is 20.9 Å². The maximum absolute atomic E-state index is 13.2. The second kappa shape index (κ2) is 18.5. The molecule has 9 heteroatoms. The van der Waals surface area contributed by atoms with Gasteiger partial charge in [-0.05, 0) is 44.2 Å². The third-order valence-corrected chi connectivity index (χ3v) is 7.11. The van der Waals surface area contributed by atoms with Crippen molar-refractivity contribution < 1.29 is 29.0 Å². The molecule has 0 aromatic heterocycles. The maximum atomic E-state index is 13.2. The molecule has 0 saturated carbocycles. The molecule has 1 unspecified atom stereocenters. The molecule has 228 valence electrons. The molecule has 9 nitrogen and oxygen atoms in total. The number of methoxy groups -OCH3 is 2. The highest BCUT2D eigenvalue weighted by Gasteiger charge is 2.31. The van der Waals surface area contributed by atoms with E-state index >= 15 is 0 Å². The number of aliphatic hydroxyl groups excluding tert-OH is 1. The highest BCUT2D eigenvalue weighted by Crippen LogP contribution is 2.26. The third-order valence-electron chi connectivity index (χ3n) is 7.11. The molecule has 0 fully saturated rings. The summed E-state index contributed by atoms with van der Waals surface area (Å²) in [5, 5.41) is 15.9. The van der Waals surface area contributed by atoms with Crippen LogP contribution in [0, 0.1) is 5.92 Å². The number of ether oxygens (including phenoxy) is 2. The first-order chi connectivity index (χ1) is 19.0. The Labute approximate surface area is 241 Å². The fraction of sp³-hybridized carbons (Fsp3) is 0.710. The maximum Gasteiger partial charge on any atom is 0.243 e. The molecule has 0 radical (unpaired) electrons. The van der Waals surface area contributed by atoms with E-state index in [1.807, 2.05) is 26.0 Å². The molecule has 40 heavy (non-hydrogen) atoms. The van der Waals surface area contributed by atoms with Gasteiger partial charge in [-0.1, -0.05) is 52.9 Å². The minimum absolute atomic E-state index is 0.127. The van der Waals surface area contributed by atoms with Crippen LogP contribution in [0.3, 0.4) is 0 Å². The van der Waals surface area contributed by atoms with Crippen LogP contribution in [0.2, 0.25) is 0 Å². The van der Waals surface area contributed by atoms with Crippen LogP contribution >= 0.6 is 0 Å². The first-order valence-electron chi connectivity index (χ1n) is 14.7. The van der Waals surface area contributed by atoms with Crippen LogP contribution in [-0.4, -0.2) is 67.2 Å². The quantitative estimate of drug-likeness (QED) is 0.200. The second-order valence-corrected chi connectivity index (χ2v) is 11.4. The lowest BCUT2D eigenvalue weighted by atomic mass is 9.94. The summed E-state index contributed by atoms with van der Waals surface area (Å²) in [6, 6.07) is 4.75. The number of nitrogens with zero attached hydrogens (tertiary/aromatic N) is 1. The number of rotatable bonds is 20. The Morgan fingerprint density at radius 1 is 1.02 bits per heavy atom. The van der Waals surface area contributed by atoms with Gasteiger partial charge in [-0.25, -0.2) is 0 Å². The Kier molecular flexibility index (Phi) is 16.3. The lowest BCUT2D eigenvalue weighted by Crippen LogP contribution is -2.56. The molecule has 0 spiro atoms. The molecule has 1 aromatic rings. The van der Waals surface area contributed by atoms with E-state index in [9.17, 15) is 19.5 Å². The predicted molar refractivity (Wildman–Crippen MR) is 158 cm³/mol. The number of hydrogen-bond acceptors (Lipinski definition) is 6. The number of unbranched alkanes of at least 4 members (excludes halogenated alkanes) is 5. The van der Waals surface area contributed by atoms with Gasteiger partial charge in [0.05, 0.1) is 26.4 Å². The molecule has 1 rings (SSSR count). The summed E-state index contributed by atoms with van der Waals surface area (Å²) in [4.78, 5) is 40.3. The van der Waals surface area contributed by atoms with E-state index < -0.39 is 11.6 Å². The van der Waals surface area contributed by atoms with Gasteiger partial charge in [0.1, 0.15) is 17.5 Å². The molecular formula is C31H53N3O6. The summed E-state index contributed by atoms with van der Waals surface area (Å²) in [5.74, 6) is 0.881. The van der Waals surface area contributed by atoms with E-state index in [0.29, 0.717) is 30.9 Å². The van der Waals surface area contributed by atoms with Gasteiger partial charge in [-0.2, -0.15) is 0 Å². The monoisotopic (exact) mass is 563 g/mol. The Morgan fingerprint density at radius 3 is 2.30 bits per heavy atom. The molecule has 0 bridgehead atoms. The van der Waals surface area contributed by atoms with Crippen molar-refractivity contribution in [2.24, 2.45) is 5.92 Å². The Hall–Kier alpha value is -2.81. The molecule has 3 N–H and O–H groups in total. The van der Waals surface area contributed by atoms with Crippen molar-refractivity contribution in [1.82, 2.24) is 15.5 Å². The zero-order valence-corrected chi connectivity index (χ0v) is 25.8. The summed E-state index contributed by atoms with van der Waals surface area (Å²) in [5.41, 5.74) is -0.171. The minimum atomic E-state index is -1.01. The zero-order valence-electron chi connectivity index (χ0n) is 25.8. The van der Waals surface area contributed by atoms with Crippen LogP contribution in [0.4, 0.5) is 0 Å². The number of hydrogen-bond donors (Lipinski definition) is 3. The third kappa shape index (κ3) is 13.0. The molecule has 0 aliphatic carbocycles. The molecule has 2 atom stereocenters. The topological polar surface area (TPSA) is 117 Å². The summed E-state index contributed by atoms with van der Waals surface area (Å²) >= 11 is 0. The average molecular weight is 564 g/mol. The lowest BCUT2D eigenvalue weighted by molar-refractivity contribution is -0.133. The largest absolute Gasteiger partial charge is 0.497 e. The van der Waals surface area contributed by atoms with Crippen LogP contribution < -0.4 is 20.1 Å². The first-order valence-corrected chi connectivity index (χ1v) is 14.7. The number of benzene rings is 1. The van der Waals surface area contributed by atoms with Gasteiger partial charge in [-0.3, -0.25) is 14.4 Å². The molecule has 0 aliphatic heterocycles. The van der Waals surface area contributed by atoms with Gasteiger partial charge in [-0.15, -0.1) is 0 Å². The fourth-order valence-corrected chi connectivity index (χ4v) is 4.50. The van der Waals surface area contributed by atoms with Crippen molar-refractivity contribution in [3.05, 3.63) is 23.8 Å². The van der Waals surface area contributed by atoms with Crippen LogP contribution in [0.15, 0.2) is 18.2 Å². The Bertz CT molecular complexity index is 922. The van der Waals surface area contributed by atoms with Crippen molar-refractivity contribution in [3.63, 3.8) is 0 Å². The molecule has 0 heterocycles. The highest BCUT2D eigenvalue weighted by molar-refractivity contribution is 5.88. The van der Waals surface area contributed by atoms with Crippen LogP contribution in [0.25, 0.3) is 0 Å². The van der Waals surface area contributed by atoms with Gasteiger partial charge in [0.15, 0.2) is 0 Å². The Morgan fingerprint density at radius 2 is 1.70 bits per heavy atom. The fourth-order valence-electron chi connectivity index (χ4n) is 4.50. The van der Waals surface area contributed by atoms with Crippen molar-refractivity contribution in [2.45, 2.75) is 110 Å². The average Bonchev–Trinajstić information content (AvgIpc) is 2.93. The number of amides is 3. The van der Waals surface area contributed by atoms with Crippen molar-refractivity contribution >= 4 is 17.7 Å². The normalized spacial score (nSPS) is 13.3. The predicted octanol–water partition coefficient (Wildman–Crippen LogP) is 4.59. The van der Waals surface area contributed by atoms with E-state index in [0.717, 1.165) is 24.8 Å². The highest BCUT2D eigenvalue weighted by atomic mass is 16.5. The Balaban J connectivity index is 2.71. The van der Waals surface area contributed by atoms with Gasteiger partial charge in [0.2, 0.25) is 17.7 Å². The standard InChI is InChI=1S/C31H53N3O6/c1-8-9-10-11-12-13-14-28(36)32-26(19-23(2)3)30(38)33-31(4,22-35)18-17-29(37)34(5)21-24-15-16-25(39-6)20-27(24)40-7/h15-16,20,23,26,35H,8-14,17-19,21-22H2,1-7H3,(H,32,36)(H,33,38)/t26-,31?/m0/s1. The number of carbonyl (C=O) groups excluding carboxylic acids is 3. The van der Waals surface area contributed by atoms with E-state index in [4.69, 9.17) is 9.47 Å². The second-order valence-electron chi connectivity index (χ2n) is 11.4. The van der Waals surface area contributed by atoms with Crippen molar-refractivity contribution in [2.75, 3.05) is 27.9 Å². The minimum Gasteiger partial charge on any atom is -0.497 e. The molecule has 3 amide bonds. The van der Waals surface area contributed by atoms with Crippen LogP contribution in [0.5, 0.6) is 11.5 Å². The molecule has 0 aliphatic rings. The first kappa shape index (κ1) is 35.2. The van der Waals surface area contributed by atoms with Crippen LogP contribution in [0.1, 0.15) is 97.5 Å². The lowest BCUT2D eigenvalue weighted by Gasteiger charge is -2.32. The number of aliphatic hydroxyl groups is 1. The van der Waals surface area contributed by atoms with E-state index in [1.54, 1.807) is 39.2 Å². The summed E-state index contributed by atoms with van der Waals surface area (Å²) in [7, 11) is 4.86. The van der Waals surface area contributed by atoms with Gasteiger partial charge >= 0.3 is 0 Å². The smallest absolute Gasteiger partial charge is 0.243 e. The van der Waals surface area contributed by atoms with Crippen molar-refractivity contribution in [3.8, 4) is 11.5 Å². The zero-order chi connectivity index (χ0) is 30.1. The molecule has 1 aromatic carbocycles. The summed E-state index contributed by atoms with van der Waals surface area (Å²) in [6.45, 7) is 7.90. The SMILES string of the molecule is CCCCCCCCC(=O)N[C@@H](CC(C)C)C(=O)NC(C)(CO)CCC(=O)N(C)Cc1ccc(OC)cc1OC. The summed E-state index contributed by atoms with van der Waals surface area (Å²) in [6.07, 6.45) is 7.77. The summed E-state index contributed by atoms with van der Waals surface area (Å²) < 4.78 is 10.7. The van der Waals surface area contributed by atoms with Gasteiger partial charge in [0.25, 0.3) is 0 Å². The number of nitrogens with one attached hydrogen (secondary N) is 2. The van der Waals surface area contributed by atoms with Gasteiger partial charge < -0.3 is 30.1 Å². The van der Waals surface area contributed by atoms with Crippen molar-refractivity contribution in [1.29, 1.82) is 0 Å². The van der Waals surface area contributed by atoms with E-state index in [2.05, 4.69) is 17.6 Å².